The van der Waals surface area contributed by atoms with E-state index >= 15 is 0 Å². The molecule has 1 aliphatic carbocycles. The fourth-order valence-electron chi connectivity index (χ4n) is 3.85. The summed E-state index contributed by atoms with van der Waals surface area (Å²) in [6.07, 6.45) is 5.28. The lowest BCUT2D eigenvalue weighted by atomic mass is 9.76. The number of carbonyl (C=O) groups is 1. The molecule has 23 heavy (non-hydrogen) atoms. The molecule has 2 aliphatic rings. The highest BCUT2D eigenvalue weighted by Crippen LogP contribution is 2.50. The first-order chi connectivity index (χ1) is 11.1. The number of hydrogen-bond acceptors (Lipinski definition) is 2. The van der Waals surface area contributed by atoms with Crippen LogP contribution in [0.4, 0.5) is 10.1 Å². The van der Waals surface area contributed by atoms with Gasteiger partial charge in [0.15, 0.2) is 5.78 Å². The van der Waals surface area contributed by atoms with E-state index in [1.54, 1.807) is 13.0 Å². The number of allylic oxidation sites excluding steroid dienone is 2. The first kappa shape index (κ1) is 14.2. The molecular formula is C20H18FNO. The standard InChI is InChI=1S/C20H18FNO/c1-12(23)13-9-10-19-17(11-13)14-6-4-7-15(14)20(22-19)16-5-2-3-8-18(16)21/h2-6,8-11,14-15,20,22H,7H2,1H3/t14-,15-,20+/m1/s1. The van der Waals surface area contributed by atoms with E-state index in [1.165, 1.54) is 6.07 Å². The SMILES string of the molecule is CC(=O)c1ccc2c(c1)[C@@H]1C=CC[C@H]1[C@@H](c1ccccc1F)N2. The van der Waals surface area contributed by atoms with E-state index in [-0.39, 0.29) is 29.5 Å². The lowest BCUT2D eigenvalue weighted by Crippen LogP contribution is -2.29. The molecule has 2 aromatic rings. The average Bonchev–Trinajstić information content (AvgIpc) is 3.04. The van der Waals surface area contributed by atoms with Gasteiger partial charge in [-0.2, -0.15) is 0 Å². The molecule has 0 aromatic heterocycles. The number of halogens is 1. The van der Waals surface area contributed by atoms with Gasteiger partial charge in [-0.05, 0) is 49.1 Å². The molecule has 0 saturated carbocycles. The van der Waals surface area contributed by atoms with Crippen LogP contribution in [-0.4, -0.2) is 5.78 Å². The van der Waals surface area contributed by atoms with Crippen LogP contribution in [0.2, 0.25) is 0 Å². The molecule has 4 rings (SSSR count). The third-order valence-electron chi connectivity index (χ3n) is 5.01. The predicted octanol–water partition coefficient (Wildman–Crippen LogP) is 4.85. The Kier molecular flexibility index (Phi) is 3.29. The maximum absolute atomic E-state index is 14.3. The summed E-state index contributed by atoms with van der Waals surface area (Å²) in [7, 11) is 0. The zero-order valence-electron chi connectivity index (χ0n) is 12.9. The first-order valence-electron chi connectivity index (χ1n) is 7.97. The smallest absolute Gasteiger partial charge is 0.159 e. The molecule has 1 heterocycles. The Morgan fingerprint density at radius 1 is 1.17 bits per heavy atom. The molecule has 0 saturated heterocycles. The second kappa shape index (κ2) is 5.34. The van der Waals surface area contributed by atoms with Gasteiger partial charge in [0.1, 0.15) is 5.82 Å². The minimum Gasteiger partial charge on any atom is -0.378 e. The van der Waals surface area contributed by atoms with Gasteiger partial charge in [-0.15, -0.1) is 0 Å². The highest BCUT2D eigenvalue weighted by Gasteiger charge is 2.38. The van der Waals surface area contributed by atoms with E-state index in [4.69, 9.17) is 0 Å². The van der Waals surface area contributed by atoms with Crippen molar-refractivity contribution in [3.63, 3.8) is 0 Å². The number of hydrogen-bond donors (Lipinski definition) is 1. The van der Waals surface area contributed by atoms with Crippen molar-refractivity contribution in [1.29, 1.82) is 0 Å². The van der Waals surface area contributed by atoms with Crippen LogP contribution in [0.3, 0.4) is 0 Å². The second-order valence-corrected chi connectivity index (χ2v) is 6.36. The van der Waals surface area contributed by atoms with E-state index in [0.29, 0.717) is 5.56 Å². The monoisotopic (exact) mass is 307 g/mol. The Balaban J connectivity index is 1.81. The van der Waals surface area contributed by atoms with Crippen molar-refractivity contribution >= 4 is 11.5 Å². The lowest BCUT2D eigenvalue weighted by molar-refractivity contribution is 0.101. The molecule has 116 valence electrons. The maximum Gasteiger partial charge on any atom is 0.159 e. The van der Waals surface area contributed by atoms with Crippen LogP contribution in [0, 0.1) is 11.7 Å². The molecular weight excluding hydrogens is 289 g/mol. The summed E-state index contributed by atoms with van der Waals surface area (Å²) in [4.78, 5) is 11.7. The summed E-state index contributed by atoms with van der Waals surface area (Å²) < 4.78 is 14.3. The molecule has 0 fully saturated rings. The summed E-state index contributed by atoms with van der Waals surface area (Å²) in [6, 6.07) is 12.7. The van der Waals surface area contributed by atoms with E-state index < -0.39 is 0 Å². The van der Waals surface area contributed by atoms with Gasteiger partial charge in [0.05, 0.1) is 6.04 Å². The Morgan fingerprint density at radius 2 is 2.00 bits per heavy atom. The number of ketones is 1. The predicted molar refractivity (Wildman–Crippen MR) is 89.2 cm³/mol. The number of rotatable bonds is 2. The fraction of sp³-hybridized carbons (Fsp3) is 0.250. The van der Waals surface area contributed by atoms with Gasteiger partial charge in [0.25, 0.3) is 0 Å². The van der Waals surface area contributed by atoms with Crippen LogP contribution in [0.5, 0.6) is 0 Å². The van der Waals surface area contributed by atoms with Gasteiger partial charge >= 0.3 is 0 Å². The van der Waals surface area contributed by atoms with Crippen molar-refractivity contribution < 1.29 is 9.18 Å². The molecule has 2 nitrogen and oxygen atoms in total. The highest BCUT2D eigenvalue weighted by atomic mass is 19.1. The topological polar surface area (TPSA) is 29.1 Å². The number of anilines is 1. The molecule has 3 atom stereocenters. The highest BCUT2D eigenvalue weighted by molar-refractivity contribution is 5.95. The molecule has 0 unspecified atom stereocenters. The molecule has 3 heteroatoms. The van der Waals surface area contributed by atoms with Crippen LogP contribution in [0.25, 0.3) is 0 Å². The van der Waals surface area contributed by atoms with E-state index in [0.717, 1.165) is 23.2 Å². The van der Waals surface area contributed by atoms with Crippen molar-refractivity contribution in [2.24, 2.45) is 5.92 Å². The van der Waals surface area contributed by atoms with Gasteiger partial charge in [-0.3, -0.25) is 4.79 Å². The van der Waals surface area contributed by atoms with Gasteiger partial charge in [0, 0.05) is 22.7 Å². The van der Waals surface area contributed by atoms with Crippen molar-refractivity contribution in [3.8, 4) is 0 Å². The normalized spacial score (nSPS) is 24.7. The van der Waals surface area contributed by atoms with Crippen molar-refractivity contribution in [2.45, 2.75) is 25.3 Å². The van der Waals surface area contributed by atoms with E-state index in [2.05, 4.69) is 17.5 Å². The Hall–Kier alpha value is -2.42. The van der Waals surface area contributed by atoms with Crippen LogP contribution >= 0.6 is 0 Å². The molecule has 0 radical (unpaired) electrons. The first-order valence-corrected chi connectivity index (χ1v) is 7.97. The minimum atomic E-state index is -0.167. The lowest BCUT2D eigenvalue weighted by Gasteiger charge is -2.37. The van der Waals surface area contributed by atoms with Crippen LogP contribution in [0.15, 0.2) is 54.6 Å². The maximum atomic E-state index is 14.3. The Bertz CT molecular complexity index is 811. The van der Waals surface area contributed by atoms with Crippen LogP contribution in [0.1, 0.15) is 46.8 Å². The third-order valence-corrected chi connectivity index (χ3v) is 5.01. The molecule has 1 N–H and O–H groups in total. The molecule has 2 aromatic carbocycles. The average molecular weight is 307 g/mol. The largest absolute Gasteiger partial charge is 0.378 e. The van der Waals surface area contributed by atoms with Crippen molar-refractivity contribution in [3.05, 3.63) is 77.1 Å². The van der Waals surface area contributed by atoms with E-state index in [9.17, 15) is 9.18 Å². The number of Topliss-reactive ketones (excluding diaryl/α,β-unsaturated/α-hetero) is 1. The number of nitrogens with one attached hydrogen (secondary N) is 1. The molecule has 1 aliphatic heterocycles. The summed E-state index contributed by atoms with van der Waals surface area (Å²) in [5.41, 5.74) is 3.58. The zero-order chi connectivity index (χ0) is 16.0. The van der Waals surface area contributed by atoms with E-state index in [1.807, 2.05) is 30.3 Å². The molecule has 0 amide bonds. The van der Waals surface area contributed by atoms with Crippen LogP contribution < -0.4 is 5.32 Å². The Labute approximate surface area is 135 Å². The minimum absolute atomic E-state index is 0.0492. The van der Waals surface area contributed by atoms with Crippen molar-refractivity contribution in [1.82, 2.24) is 0 Å². The summed E-state index contributed by atoms with van der Waals surface area (Å²) >= 11 is 0. The van der Waals surface area contributed by atoms with Gasteiger partial charge in [-0.1, -0.05) is 30.4 Å². The summed E-state index contributed by atoms with van der Waals surface area (Å²) in [5, 5.41) is 3.50. The van der Waals surface area contributed by atoms with Gasteiger partial charge in [-0.25, -0.2) is 4.39 Å². The Morgan fingerprint density at radius 3 is 2.78 bits per heavy atom. The fourth-order valence-corrected chi connectivity index (χ4v) is 3.85. The quantitative estimate of drug-likeness (QED) is 0.634. The second-order valence-electron chi connectivity index (χ2n) is 6.36. The number of fused-ring (bicyclic) bond motifs is 3. The third kappa shape index (κ3) is 2.27. The number of carbonyl (C=O) groups excluding carboxylic acids is 1. The van der Waals surface area contributed by atoms with Gasteiger partial charge in [0.2, 0.25) is 0 Å². The summed E-state index contributed by atoms with van der Waals surface area (Å²) in [5.74, 6) is 0.416. The summed E-state index contributed by atoms with van der Waals surface area (Å²) in [6.45, 7) is 1.59. The van der Waals surface area contributed by atoms with Gasteiger partial charge < -0.3 is 5.32 Å². The van der Waals surface area contributed by atoms with Crippen molar-refractivity contribution in [2.75, 3.05) is 5.32 Å². The number of benzene rings is 2. The van der Waals surface area contributed by atoms with Crippen LogP contribution in [-0.2, 0) is 0 Å². The molecule has 0 spiro atoms. The zero-order valence-corrected chi connectivity index (χ0v) is 12.9. The molecule has 0 bridgehead atoms.